The number of benzene rings is 1. The Hall–Kier alpha value is -1.85. The largest absolute Gasteiger partial charge is 0.493 e. The van der Waals surface area contributed by atoms with Crippen LogP contribution in [0.15, 0.2) is 23.6 Å². The number of rotatable bonds is 5. The lowest BCUT2D eigenvalue weighted by Crippen LogP contribution is -2.29. The molecule has 0 bridgehead atoms. The van der Waals surface area contributed by atoms with Crippen LogP contribution in [0.5, 0.6) is 5.75 Å². The topological polar surface area (TPSA) is 44.8 Å². The van der Waals surface area contributed by atoms with E-state index in [0.717, 1.165) is 46.8 Å². The van der Waals surface area contributed by atoms with E-state index in [0.29, 0.717) is 6.61 Å². The molecule has 0 spiro atoms. The standard InChI is InChI=1S/C22H28O4S/c1-6-24-21(23)20(26-22(3,4)5)19-14(2)27-13-17(19)15-9-10-18-16(12-15)8-7-11-25-18/h9-10,12-13,20H,6-8,11H2,1-5H3. The summed E-state index contributed by atoms with van der Waals surface area (Å²) in [6, 6.07) is 6.28. The van der Waals surface area contributed by atoms with Crippen LogP contribution in [0.1, 0.15) is 56.2 Å². The molecule has 4 nitrogen and oxygen atoms in total. The third-order valence-corrected chi connectivity index (χ3v) is 5.40. The van der Waals surface area contributed by atoms with Crippen LogP contribution >= 0.6 is 11.3 Å². The van der Waals surface area contributed by atoms with E-state index < -0.39 is 11.7 Å². The highest BCUT2D eigenvalue weighted by atomic mass is 32.1. The molecule has 2 aromatic rings. The van der Waals surface area contributed by atoms with Gasteiger partial charge in [0.05, 0.1) is 18.8 Å². The van der Waals surface area contributed by atoms with Crippen LogP contribution in [0.3, 0.4) is 0 Å². The molecule has 0 N–H and O–H groups in total. The summed E-state index contributed by atoms with van der Waals surface area (Å²) in [5.74, 6) is 0.628. The van der Waals surface area contributed by atoms with Crippen molar-refractivity contribution in [3.05, 3.63) is 39.6 Å². The molecule has 5 heteroatoms. The van der Waals surface area contributed by atoms with Gasteiger partial charge in [0.2, 0.25) is 0 Å². The number of carbonyl (C=O) groups excluding carboxylic acids is 1. The molecule has 1 aliphatic heterocycles. The Labute approximate surface area is 165 Å². The van der Waals surface area contributed by atoms with Crippen LogP contribution in [0.25, 0.3) is 11.1 Å². The minimum absolute atomic E-state index is 0.331. The van der Waals surface area contributed by atoms with Gasteiger partial charge in [-0.05, 0) is 81.7 Å². The summed E-state index contributed by atoms with van der Waals surface area (Å²) < 4.78 is 17.2. The van der Waals surface area contributed by atoms with Gasteiger partial charge in [-0.1, -0.05) is 6.07 Å². The molecule has 0 amide bonds. The SMILES string of the molecule is CCOC(=O)C(OC(C)(C)C)c1c(-c2ccc3c(c2)CCCO3)csc1C. The maximum atomic E-state index is 12.7. The summed E-state index contributed by atoms with van der Waals surface area (Å²) in [7, 11) is 0. The van der Waals surface area contributed by atoms with Crippen LogP contribution in [-0.4, -0.2) is 24.8 Å². The number of fused-ring (bicyclic) bond motifs is 1. The van der Waals surface area contributed by atoms with Crippen LogP contribution in [0.2, 0.25) is 0 Å². The summed E-state index contributed by atoms with van der Waals surface area (Å²) >= 11 is 1.63. The zero-order chi connectivity index (χ0) is 19.6. The molecule has 3 rings (SSSR count). The van der Waals surface area contributed by atoms with Gasteiger partial charge in [-0.3, -0.25) is 0 Å². The number of hydrogen-bond acceptors (Lipinski definition) is 5. The lowest BCUT2D eigenvalue weighted by molar-refractivity contribution is -0.166. The summed E-state index contributed by atoms with van der Waals surface area (Å²) in [6.45, 7) is 10.8. The van der Waals surface area contributed by atoms with Gasteiger partial charge >= 0.3 is 5.97 Å². The summed E-state index contributed by atoms with van der Waals surface area (Å²) in [6.07, 6.45) is 1.31. The molecule has 1 aliphatic rings. The Balaban J connectivity index is 2.05. The number of hydrogen-bond donors (Lipinski definition) is 0. The van der Waals surface area contributed by atoms with E-state index in [9.17, 15) is 4.79 Å². The first-order valence-electron chi connectivity index (χ1n) is 9.48. The van der Waals surface area contributed by atoms with Crippen molar-refractivity contribution in [2.45, 2.75) is 59.2 Å². The van der Waals surface area contributed by atoms with Crippen LogP contribution in [-0.2, 0) is 20.7 Å². The predicted molar refractivity (Wildman–Crippen MR) is 109 cm³/mol. The van der Waals surface area contributed by atoms with Crippen molar-refractivity contribution in [1.29, 1.82) is 0 Å². The van der Waals surface area contributed by atoms with Crippen molar-refractivity contribution >= 4 is 17.3 Å². The Morgan fingerprint density at radius 3 is 2.81 bits per heavy atom. The first-order valence-corrected chi connectivity index (χ1v) is 10.4. The van der Waals surface area contributed by atoms with Gasteiger partial charge in [-0.2, -0.15) is 0 Å². The summed E-state index contributed by atoms with van der Waals surface area (Å²) in [5, 5.41) is 2.11. The first kappa shape index (κ1) is 19.9. The molecule has 0 radical (unpaired) electrons. The fourth-order valence-electron chi connectivity index (χ4n) is 3.34. The lowest BCUT2D eigenvalue weighted by atomic mass is 9.95. The van der Waals surface area contributed by atoms with Gasteiger partial charge in [0.25, 0.3) is 0 Å². The van der Waals surface area contributed by atoms with Gasteiger partial charge in [0, 0.05) is 10.4 Å². The molecule has 2 heterocycles. The molecule has 27 heavy (non-hydrogen) atoms. The van der Waals surface area contributed by atoms with E-state index in [-0.39, 0.29) is 5.97 Å². The quantitative estimate of drug-likeness (QED) is 0.637. The maximum absolute atomic E-state index is 12.7. The minimum atomic E-state index is -0.738. The summed E-state index contributed by atoms with van der Waals surface area (Å²) in [4.78, 5) is 13.8. The number of thiophene rings is 1. The van der Waals surface area contributed by atoms with Crippen molar-refractivity contribution in [3.8, 4) is 16.9 Å². The fraction of sp³-hybridized carbons (Fsp3) is 0.500. The molecule has 0 saturated heterocycles. The van der Waals surface area contributed by atoms with Crippen molar-refractivity contribution < 1.29 is 19.0 Å². The van der Waals surface area contributed by atoms with Gasteiger partial charge in [0.1, 0.15) is 5.75 Å². The zero-order valence-corrected chi connectivity index (χ0v) is 17.6. The van der Waals surface area contributed by atoms with E-state index in [2.05, 4.69) is 17.5 Å². The van der Waals surface area contributed by atoms with Crippen molar-refractivity contribution in [2.24, 2.45) is 0 Å². The van der Waals surface area contributed by atoms with Crippen molar-refractivity contribution in [1.82, 2.24) is 0 Å². The second kappa shape index (κ2) is 8.03. The monoisotopic (exact) mass is 388 g/mol. The molecule has 1 atom stereocenters. The molecule has 146 valence electrons. The molecule has 1 unspecified atom stereocenters. The number of esters is 1. The van der Waals surface area contributed by atoms with Gasteiger partial charge < -0.3 is 14.2 Å². The molecule has 0 aliphatic carbocycles. The van der Waals surface area contributed by atoms with Gasteiger partial charge in [-0.25, -0.2) is 4.79 Å². The van der Waals surface area contributed by atoms with E-state index >= 15 is 0 Å². The Bertz CT molecular complexity index is 816. The molecule has 1 aromatic carbocycles. The lowest BCUT2D eigenvalue weighted by Gasteiger charge is -2.27. The molecule has 1 aromatic heterocycles. The predicted octanol–water partition coefficient (Wildman–Crippen LogP) is 5.47. The molecular weight excluding hydrogens is 360 g/mol. The molecule has 0 fully saturated rings. The molecular formula is C22H28O4S. The zero-order valence-electron chi connectivity index (χ0n) is 16.8. The van der Waals surface area contributed by atoms with E-state index in [1.54, 1.807) is 11.3 Å². The normalized spacial score (nSPS) is 15.0. The third kappa shape index (κ3) is 4.53. The van der Waals surface area contributed by atoms with Crippen molar-refractivity contribution in [3.63, 3.8) is 0 Å². The maximum Gasteiger partial charge on any atom is 0.340 e. The van der Waals surface area contributed by atoms with E-state index in [1.165, 1.54) is 5.56 Å². The highest BCUT2D eigenvalue weighted by Gasteiger charge is 2.32. The van der Waals surface area contributed by atoms with Crippen molar-refractivity contribution in [2.75, 3.05) is 13.2 Å². The fourth-order valence-corrected chi connectivity index (χ4v) is 4.24. The average molecular weight is 389 g/mol. The second-order valence-corrected chi connectivity index (χ2v) is 8.84. The summed E-state index contributed by atoms with van der Waals surface area (Å²) in [5.41, 5.74) is 3.79. The number of aryl methyl sites for hydroxylation is 2. The number of carbonyl (C=O) groups is 1. The minimum Gasteiger partial charge on any atom is -0.493 e. The van der Waals surface area contributed by atoms with E-state index in [4.69, 9.17) is 14.2 Å². The second-order valence-electron chi connectivity index (χ2n) is 7.76. The Morgan fingerprint density at radius 1 is 1.33 bits per heavy atom. The Kier molecular flexibility index (Phi) is 5.92. The number of ether oxygens (including phenoxy) is 3. The van der Waals surface area contributed by atoms with Gasteiger partial charge in [-0.15, -0.1) is 11.3 Å². The first-order chi connectivity index (χ1) is 12.8. The van der Waals surface area contributed by atoms with Crippen LogP contribution in [0.4, 0.5) is 0 Å². The third-order valence-electron chi connectivity index (χ3n) is 4.48. The van der Waals surface area contributed by atoms with Crippen LogP contribution < -0.4 is 4.74 Å². The van der Waals surface area contributed by atoms with Gasteiger partial charge in [0.15, 0.2) is 6.10 Å². The highest BCUT2D eigenvalue weighted by molar-refractivity contribution is 7.10. The van der Waals surface area contributed by atoms with Crippen LogP contribution in [0, 0.1) is 6.92 Å². The Morgan fingerprint density at radius 2 is 2.11 bits per heavy atom. The van der Waals surface area contributed by atoms with E-state index in [1.807, 2.05) is 40.7 Å². The molecule has 0 saturated carbocycles. The smallest absolute Gasteiger partial charge is 0.340 e. The average Bonchev–Trinajstić information content (AvgIpc) is 3.00. The highest BCUT2D eigenvalue weighted by Crippen LogP contribution is 2.40.